The zero-order valence-electron chi connectivity index (χ0n) is 13.2. The third kappa shape index (κ3) is 3.84. The Bertz CT molecular complexity index is 675. The predicted molar refractivity (Wildman–Crippen MR) is 87.8 cm³/mol. The van der Waals surface area contributed by atoms with Crippen LogP contribution in [-0.2, 0) is 25.0 Å². The van der Waals surface area contributed by atoms with Crippen molar-refractivity contribution < 1.29 is 17.9 Å². The SMILES string of the molecule is CS(=O)(=O)Nc1ccc(C2(C(=O)NCC3CCCO3)CC2)cc1. The molecule has 126 valence electrons. The van der Waals surface area contributed by atoms with Crippen LogP contribution in [0.25, 0.3) is 0 Å². The van der Waals surface area contributed by atoms with Crippen molar-refractivity contribution >= 4 is 21.6 Å². The average molecular weight is 338 g/mol. The summed E-state index contributed by atoms with van der Waals surface area (Å²) in [5.74, 6) is 0.0387. The molecule has 1 aromatic carbocycles. The summed E-state index contributed by atoms with van der Waals surface area (Å²) in [6.45, 7) is 1.34. The van der Waals surface area contributed by atoms with Crippen LogP contribution in [0.3, 0.4) is 0 Å². The van der Waals surface area contributed by atoms with Crippen molar-refractivity contribution in [3.8, 4) is 0 Å². The van der Waals surface area contributed by atoms with Crippen molar-refractivity contribution in [2.75, 3.05) is 24.1 Å². The standard InChI is InChI=1S/C16H22N2O4S/c1-23(20,21)18-13-6-4-12(5-7-13)16(8-9-16)15(19)17-11-14-3-2-10-22-14/h4-7,14,18H,2-3,8-11H2,1H3,(H,17,19). The molecule has 7 heteroatoms. The van der Waals surface area contributed by atoms with E-state index in [4.69, 9.17) is 4.74 Å². The monoisotopic (exact) mass is 338 g/mol. The first kappa shape index (κ1) is 16.3. The summed E-state index contributed by atoms with van der Waals surface area (Å²) < 4.78 is 30.4. The molecule has 1 aromatic rings. The van der Waals surface area contributed by atoms with Crippen molar-refractivity contribution in [3.05, 3.63) is 29.8 Å². The summed E-state index contributed by atoms with van der Waals surface area (Å²) in [7, 11) is -3.29. The quantitative estimate of drug-likeness (QED) is 0.821. The van der Waals surface area contributed by atoms with Crippen LogP contribution in [0.5, 0.6) is 0 Å². The van der Waals surface area contributed by atoms with Crippen molar-refractivity contribution in [1.82, 2.24) is 5.32 Å². The fourth-order valence-electron chi connectivity index (χ4n) is 3.02. The van der Waals surface area contributed by atoms with Gasteiger partial charge in [0, 0.05) is 18.8 Å². The fourth-order valence-corrected chi connectivity index (χ4v) is 3.59. The molecule has 2 aliphatic rings. The minimum atomic E-state index is -3.29. The van der Waals surface area contributed by atoms with Crippen LogP contribution in [0, 0.1) is 0 Å². The number of carbonyl (C=O) groups excluding carboxylic acids is 1. The first-order valence-electron chi connectivity index (χ1n) is 7.87. The number of anilines is 1. The zero-order valence-corrected chi connectivity index (χ0v) is 14.0. The number of carbonyl (C=O) groups is 1. The van der Waals surface area contributed by atoms with Gasteiger partial charge in [-0.25, -0.2) is 8.42 Å². The van der Waals surface area contributed by atoms with Gasteiger partial charge in [0.25, 0.3) is 0 Å². The largest absolute Gasteiger partial charge is 0.376 e. The molecule has 1 aliphatic heterocycles. The van der Waals surface area contributed by atoms with E-state index in [2.05, 4.69) is 10.0 Å². The van der Waals surface area contributed by atoms with Crippen molar-refractivity contribution in [3.63, 3.8) is 0 Å². The van der Waals surface area contributed by atoms with Gasteiger partial charge in [-0.15, -0.1) is 0 Å². The van der Waals surface area contributed by atoms with E-state index in [0.717, 1.165) is 44.1 Å². The molecule has 0 bridgehead atoms. The molecule has 0 radical (unpaired) electrons. The molecule has 23 heavy (non-hydrogen) atoms. The van der Waals surface area contributed by atoms with E-state index in [9.17, 15) is 13.2 Å². The van der Waals surface area contributed by atoms with E-state index in [0.29, 0.717) is 12.2 Å². The Morgan fingerprint density at radius 2 is 2.00 bits per heavy atom. The molecule has 1 unspecified atom stereocenters. The van der Waals surface area contributed by atoms with Crippen LogP contribution in [-0.4, -0.2) is 39.8 Å². The highest BCUT2D eigenvalue weighted by atomic mass is 32.2. The van der Waals surface area contributed by atoms with Gasteiger partial charge in [-0.2, -0.15) is 0 Å². The van der Waals surface area contributed by atoms with Gasteiger partial charge in [0.2, 0.25) is 15.9 Å². The number of ether oxygens (including phenoxy) is 1. The first-order chi connectivity index (χ1) is 10.9. The summed E-state index contributed by atoms with van der Waals surface area (Å²) in [5.41, 5.74) is 0.982. The van der Waals surface area contributed by atoms with Gasteiger partial charge in [-0.05, 0) is 43.4 Å². The van der Waals surface area contributed by atoms with E-state index in [1.807, 2.05) is 12.1 Å². The van der Waals surface area contributed by atoms with Gasteiger partial charge in [-0.3, -0.25) is 9.52 Å². The molecule has 1 amide bonds. The Balaban J connectivity index is 1.64. The molecule has 1 saturated heterocycles. The minimum Gasteiger partial charge on any atom is -0.376 e. The number of hydrogen-bond donors (Lipinski definition) is 2. The number of sulfonamides is 1. The maximum absolute atomic E-state index is 12.5. The lowest BCUT2D eigenvalue weighted by Gasteiger charge is -2.18. The van der Waals surface area contributed by atoms with Crippen LogP contribution in [0.1, 0.15) is 31.2 Å². The van der Waals surface area contributed by atoms with Gasteiger partial charge < -0.3 is 10.1 Å². The number of nitrogens with one attached hydrogen (secondary N) is 2. The van der Waals surface area contributed by atoms with Crippen molar-refractivity contribution in [2.45, 2.75) is 37.2 Å². The van der Waals surface area contributed by atoms with E-state index in [1.165, 1.54) is 0 Å². The molecule has 1 atom stereocenters. The van der Waals surface area contributed by atoms with E-state index in [-0.39, 0.29) is 12.0 Å². The van der Waals surface area contributed by atoms with Crippen molar-refractivity contribution in [1.29, 1.82) is 0 Å². The van der Waals surface area contributed by atoms with Crippen LogP contribution in [0.15, 0.2) is 24.3 Å². The number of rotatable bonds is 6. The second-order valence-electron chi connectivity index (χ2n) is 6.38. The topological polar surface area (TPSA) is 84.5 Å². The summed E-state index contributed by atoms with van der Waals surface area (Å²) >= 11 is 0. The van der Waals surface area contributed by atoms with Gasteiger partial charge in [0.1, 0.15) is 0 Å². The molecule has 2 fully saturated rings. The highest BCUT2D eigenvalue weighted by Crippen LogP contribution is 2.48. The van der Waals surface area contributed by atoms with Crippen LogP contribution < -0.4 is 10.0 Å². The summed E-state index contributed by atoms with van der Waals surface area (Å²) in [4.78, 5) is 12.5. The molecule has 1 saturated carbocycles. The number of benzene rings is 1. The Hall–Kier alpha value is -1.60. The third-order valence-electron chi connectivity index (χ3n) is 4.44. The lowest BCUT2D eigenvalue weighted by atomic mass is 9.94. The summed E-state index contributed by atoms with van der Waals surface area (Å²) in [5, 5.41) is 3.00. The Kier molecular flexibility index (Phi) is 4.33. The molecule has 3 rings (SSSR count). The first-order valence-corrected chi connectivity index (χ1v) is 9.76. The van der Waals surface area contributed by atoms with E-state index in [1.54, 1.807) is 12.1 Å². The molecule has 0 aromatic heterocycles. The Labute approximate surface area is 136 Å². The second-order valence-corrected chi connectivity index (χ2v) is 8.13. The molecular weight excluding hydrogens is 316 g/mol. The van der Waals surface area contributed by atoms with Crippen LogP contribution in [0.2, 0.25) is 0 Å². The Morgan fingerprint density at radius 1 is 1.30 bits per heavy atom. The lowest BCUT2D eigenvalue weighted by molar-refractivity contribution is -0.124. The smallest absolute Gasteiger partial charge is 0.230 e. The number of hydrogen-bond acceptors (Lipinski definition) is 4. The summed E-state index contributed by atoms with van der Waals surface area (Å²) in [6.07, 6.45) is 4.95. The summed E-state index contributed by atoms with van der Waals surface area (Å²) in [6, 6.07) is 7.05. The minimum absolute atomic E-state index is 0.0387. The highest BCUT2D eigenvalue weighted by Gasteiger charge is 2.51. The van der Waals surface area contributed by atoms with E-state index >= 15 is 0 Å². The zero-order chi connectivity index (χ0) is 16.5. The van der Waals surface area contributed by atoms with Crippen LogP contribution in [0.4, 0.5) is 5.69 Å². The van der Waals surface area contributed by atoms with Gasteiger partial charge in [-0.1, -0.05) is 12.1 Å². The lowest BCUT2D eigenvalue weighted by Crippen LogP contribution is -2.39. The molecule has 1 heterocycles. The fraction of sp³-hybridized carbons (Fsp3) is 0.562. The maximum atomic E-state index is 12.5. The second kappa shape index (κ2) is 6.13. The maximum Gasteiger partial charge on any atom is 0.230 e. The highest BCUT2D eigenvalue weighted by molar-refractivity contribution is 7.92. The molecule has 1 aliphatic carbocycles. The average Bonchev–Trinajstić information content (AvgIpc) is 3.13. The van der Waals surface area contributed by atoms with Gasteiger partial charge in [0.15, 0.2) is 0 Å². The van der Waals surface area contributed by atoms with Crippen molar-refractivity contribution in [2.24, 2.45) is 0 Å². The van der Waals surface area contributed by atoms with Gasteiger partial charge >= 0.3 is 0 Å². The molecular formula is C16H22N2O4S. The number of amides is 1. The molecule has 0 spiro atoms. The predicted octanol–water partition coefficient (Wildman–Crippen LogP) is 1.38. The van der Waals surface area contributed by atoms with Crippen LogP contribution >= 0.6 is 0 Å². The molecule has 2 N–H and O–H groups in total. The third-order valence-corrected chi connectivity index (χ3v) is 5.05. The van der Waals surface area contributed by atoms with Gasteiger partial charge in [0.05, 0.1) is 17.8 Å². The Morgan fingerprint density at radius 3 is 2.52 bits per heavy atom. The van der Waals surface area contributed by atoms with E-state index < -0.39 is 15.4 Å². The molecule has 6 nitrogen and oxygen atoms in total. The normalized spacial score (nSPS) is 22.6.